The number of nitrogens with zero attached hydrogens (tertiary/aromatic N) is 2. The van der Waals surface area contributed by atoms with Crippen molar-refractivity contribution < 1.29 is 17.9 Å². The first-order valence-electron chi connectivity index (χ1n) is 9.84. The molecule has 1 saturated heterocycles. The van der Waals surface area contributed by atoms with Gasteiger partial charge in [-0.15, -0.1) is 0 Å². The van der Waals surface area contributed by atoms with E-state index in [9.17, 15) is 8.42 Å². The number of aromatic nitrogens is 1. The van der Waals surface area contributed by atoms with E-state index in [4.69, 9.17) is 14.5 Å². The number of hydrogen-bond acceptors (Lipinski definition) is 5. The summed E-state index contributed by atoms with van der Waals surface area (Å²) in [5, 5.41) is 1.02. The van der Waals surface area contributed by atoms with Crippen LogP contribution >= 0.6 is 0 Å². The van der Waals surface area contributed by atoms with E-state index in [1.807, 2.05) is 37.3 Å². The van der Waals surface area contributed by atoms with Gasteiger partial charge in [-0.2, -0.15) is 4.31 Å². The summed E-state index contributed by atoms with van der Waals surface area (Å²) in [5.41, 5.74) is 3.59. The molecule has 2 aliphatic heterocycles. The minimum atomic E-state index is -3.43. The number of piperidine rings is 1. The third kappa shape index (κ3) is 3.24. The van der Waals surface area contributed by atoms with Crippen LogP contribution < -0.4 is 9.47 Å². The lowest BCUT2D eigenvalue weighted by molar-refractivity contribution is 0.174. The third-order valence-electron chi connectivity index (χ3n) is 5.61. The lowest BCUT2D eigenvalue weighted by Gasteiger charge is -2.25. The zero-order valence-electron chi connectivity index (χ0n) is 16.2. The molecule has 6 nitrogen and oxygen atoms in total. The van der Waals surface area contributed by atoms with Gasteiger partial charge in [0.05, 0.1) is 16.1 Å². The molecule has 1 aromatic heterocycles. The number of rotatable bonds is 3. The van der Waals surface area contributed by atoms with E-state index in [0.29, 0.717) is 23.7 Å². The smallest absolute Gasteiger partial charge is 0.243 e. The first-order chi connectivity index (χ1) is 14.0. The highest BCUT2D eigenvalue weighted by Gasteiger charge is 2.25. The monoisotopic (exact) mass is 410 g/mol. The van der Waals surface area contributed by atoms with Crippen LogP contribution in [0, 0.1) is 6.92 Å². The van der Waals surface area contributed by atoms with E-state index in [1.165, 1.54) is 0 Å². The SMILES string of the molecule is Cc1cc(-c2ccc(S(=O)(=O)N3CCCCC3)cc2)nc2cc3c(cc12)OCO3. The van der Waals surface area contributed by atoms with Crippen molar-refractivity contribution in [2.75, 3.05) is 19.9 Å². The number of sulfonamides is 1. The summed E-state index contributed by atoms with van der Waals surface area (Å²) in [6.45, 7) is 3.46. The molecule has 29 heavy (non-hydrogen) atoms. The number of hydrogen-bond donors (Lipinski definition) is 0. The summed E-state index contributed by atoms with van der Waals surface area (Å²) in [6.07, 6.45) is 2.95. The number of ether oxygens (including phenoxy) is 2. The molecule has 0 atom stereocenters. The number of benzene rings is 2. The zero-order chi connectivity index (χ0) is 20.0. The quantitative estimate of drug-likeness (QED) is 0.650. The number of fused-ring (bicyclic) bond motifs is 2. The lowest BCUT2D eigenvalue weighted by atomic mass is 10.0. The second kappa shape index (κ2) is 7.00. The van der Waals surface area contributed by atoms with Crippen LogP contribution in [0.3, 0.4) is 0 Å². The Morgan fingerprint density at radius 1 is 0.931 bits per heavy atom. The summed E-state index contributed by atoms with van der Waals surface area (Å²) >= 11 is 0. The molecule has 5 rings (SSSR count). The van der Waals surface area contributed by atoms with Crippen molar-refractivity contribution in [1.82, 2.24) is 9.29 Å². The molecule has 0 N–H and O–H groups in total. The largest absolute Gasteiger partial charge is 0.454 e. The van der Waals surface area contributed by atoms with Crippen molar-refractivity contribution in [3.63, 3.8) is 0 Å². The van der Waals surface area contributed by atoms with Gasteiger partial charge >= 0.3 is 0 Å². The average Bonchev–Trinajstić information content (AvgIpc) is 3.20. The molecule has 3 heterocycles. The molecule has 0 aliphatic carbocycles. The molecular formula is C22H22N2O4S. The topological polar surface area (TPSA) is 68.7 Å². The van der Waals surface area contributed by atoms with E-state index in [2.05, 4.69) is 0 Å². The summed E-state index contributed by atoms with van der Waals surface area (Å²) in [6, 6.07) is 12.9. The molecule has 2 aliphatic rings. The fourth-order valence-electron chi connectivity index (χ4n) is 3.98. The van der Waals surface area contributed by atoms with Crippen molar-refractivity contribution in [3.8, 4) is 22.8 Å². The second-order valence-corrected chi connectivity index (χ2v) is 9.47. The van der Waals surface area contributed by atoms with Gasteiger partial charge in [-0.1, -0.05) is 18.6 Å². The molecule has 2 aromatic carbocycles. The van der Waals surface area contributed by atoms with Crippen LogP contribution in [-0.2, 0) is 10.0 Å². The Morgan fingerprint density at radius 2 is 1.62 bits per heavy atom. The second-order valence-electron chi connectivity index (χ2n) is 7.54. The standard InChI is InChI=1S/C22H22N2O4S/c1-15-11-19(23-20-13-22-21(12-18(15)20)27-14-28-22)16-5-7-17(8-6-16)29(25,26)24-9-3-2-4-10-24/h5-8,11-13H,2-4,9-10,14H2,1H3. The maximum Gasteiger partial charge on any atom is 0.243 e. The van der Waals surface area contributed by atoms with Crippen LogP contribution in [0.2, 0.25) is 0 Å². The van der Waals surface area contributed by atoms with Gasteiger partial charge in [-0.25, -0.2) is 13.4 Å². The van der Waals surface area contributed by atoms with Crippen LogP contribution in [0.4, 0.5) is 0 Å². The fourth-order valence-corrected chi connectivity index (χ4v) is 5.50. The zero-order valence-corrected chi connectivity index (χ0v) is 17.0. The Bertz CT molecular complexity index is 1180. The van der Waals surface area contributed by atoms with Crippen LogP contribution in [0.1, 0.15) is 24.8 Å². The summed E-state index contributed by atoms with van der Waals surface area (Å²) < 4.78 is 38.2. The Labute approximate surface area is 170 Å². The normalized spacial score (nSPS) is 17.0. The van der Waals surface area contributed by atoms with Gasteiger partial charge in [0, 0.05) is 30.1 Å². The summed E-state index contributed by atoms with van der Waals surface area (Å²) in [7, 11) is -3.43. The first kappa shape index (κ1) is 18.4. The van der Waals surface area contributed by atoms with E-state index < -0.39 is 10.0 Å². The summed E-state index contributed by atoms with van der Waals surface area (Å²) in [4.78, 5) is 5.11. The van der Waals surface area contributed by atoms with Crippen LogP contribution in [0.15, 0.2) is 47.4 Å². The van der Waals surface area contributed by atoms with E-state index in [0.717, 1.165) is 52.7 Å². The molecule has 0 radical (unpaired) electrons. The molecule has 150 valence electrons. The van der Waals surface area contributed by atoms with Crippen molar-refractivity contribution in [2.45, 2.75) is 31.1 Å². The van der Waals surface area contributed by atoms with E-state index in [-0.39, 0.29) is 6.79 Å². The molecule has 0 bridgehead atoms. The molecule has 0 unspecified atom stereocenters. The highest BCUT2D eigenvalue weighted by Crippen LogP contribution is 2.37. The minimum Gasteiger partial charge on any atom is -0.454 e. The Balaban J connectivity index is 1.50. The summed E-state index contributed by atoms with van der Waals surface area (Å²) in [5.74, 6) is 1.44. The molecular weight excluding hydrogens is 388 g/mol. The van der Waals surface area contributed by atoms with Gasteiger partial charge < -0.3 is 9.47 Å². The first-order valence-corrected chi connectivity index (χ1v) is 11.3. The van der Waals surface area contributed by atoms with Gasteiger partial charge in [0.15, 0.2) is 11.5 Å². The van der Waals surface area contributed by atoms with Crippen LogP contribution in [0.5, 0.6) is 11.5 Å². The molecule has 1 fully saturated rings. The molecule has 0 amide bonds. The number of aryl methyl sites for hydroxylation is 1. The third-order valence-corrected chi connectivity index (χ3v) is 7.53. The number of pyridine rings is 1. The Kier molecular flexibility index (Phi) is 4.44. The van der Waals surface area contributed by atoms with Crippen LogP contribution in [0.25, 0.3) is 22.2 Å². The van der Waals surface area contributed by atoms with Crippen molar-refractivity contribution >= 4 is 20.9 Å². The molecule has 0 saturated carbocycles. The van der Waals surface area contributed by atoms with Gasteiger partial charge in [-0.05, 0) is 49.6 Å². The van der Waals surface area contributed by atoms with Gasteiger partial charge in [0.1, 0.15) is 0 Å². The van der Waals surface area contributed by atoms with Crippen LogP contribution in [-0.4, -0.2) is 37.6 Å². The van der Waals surface area contributed by atoms with E-state index >= 15 is 0 Å². The van der Waals surface area contributed by atoms with Gasteiger partial charge in [0.25, 0.3) is 0 Å². The Hall–Kier alpha value is -2.64. The highest BCUT2D eigenvalue weighted by atomic mass is 32.2. The van der Waals surface area contributed by atoms with Gasteiger partial charge in [-0.3, -0.25) is 0 Å². The predicted molar refractivity (Wildman–Crippen MR) is 111 cm³/mol. The fraction of sp³-hybridized carbons (Fsp3) is 0.318. The maximum absolute atomic E-state index is 12.9. The average molecular weight is 410 g/mol. The molecule has 7 heteroatoms. The molecule has 0 spiro atoms. The predicted octanol–water partition coefficient (Wildman–Crippen LogP) is 4.11. The van der Waals surface area contributed by atoms with Crippen molar-refractivity contribution in [1.29, 1.82) is 0 Å². The molecule has 3 aromatic rings. The Morgan fingerprint density at radius 3 is 2.34 bits per heavy atom. The maximum atomic E-state index is 12.9. The highest BCUT2D eigenvalue weighted by molar-refractivity contribution is 7.89. The lowest BCUT2D eigenvalue weighted by Crippen LogP contribution is -2.35. The van der Waals surface area contributed by atoms with Crippen molar-refractivity contribution in [2.24, 2.45) is 0 Å². The van der Waals surface area contributed by atoms with Crippen molar-refractivity contribution in [3.05, 3.63) is 48.0 Å². The van der Waals surface area contributed by atoms with E-state index in [1.54, 1.807) is 16.4 Å². The van der Waals surface area contributed by atoms with Gasteiger partial charge in [0.2, 0.25) is 16.8 Å². The minimum absolute atomic E-state index is 0.227.